The maximum atomic E-state index is 5.24. The number of guanidine groups is 1. The fourth-order valence-corrected chi connectivity index (χ4v) is 6.15. The highest BCUT2D eigenvalue weighted by Gasteiger charge is 2.38. The number of hydrogen-bond acceptors (Lipinski definition) is 5. The van der Waals surface area contributed by atoms with Gasteiger partial charge in [-0.25, -0.2) is 4.98 Å². The second kappa shape index (κ2) is 11.9. The Kier molecular flexibility index (Phi) is 9.56. The molecule has 170 valence electrons. The highest BCUT2D eigenvalue weighted by atomic mass is 127. The van der Waals surface area contributed by atoms with Crippen LogP contribution < -0.4 is 5.32 Å². The highest BCUT2D eigenvalue weighted by molar-refractivity contribution is 14.0. The van der Waals surface area contributed by atoms with Gasteiger partial charge in [0.1, 0.15) is 12.2 Å². The first-order valence-corrected chi connectivity index (χ1v) is 12.7. The molecule has 2 N–H and O–H groups in total. The van der Waals surface area contributed by atoms with Gasteiger partial charge in [0.15, 0.2) is 5.96 Å². The quantitative estimate of drug-likeness (QED) is 0.335. The van der Waals surface area contributed by atoms with Gasteiger partial charge < -0.3 is 10.2 Å². The maximum Gasteiger partial charge on any atom is 0.193 e. The second-order valence-electron chi connectivity index (χ2n) is 8.69. The summed E-state index contributed by atoms with van der Waals surface area (Å²) in [6.07, 6.45) is 10.6. The van der Waals surface area contributed by atoms with Crippen molar-refractivity contribution in [1.29, 1.82) is 0 Å². The molecule has 0 amide bonds. The molecule has 0 radical (unpaired) electrons. The standard InChI is InChI=1S/C21H37N7S.HI/c1-2-22-20(27-10-6-18(7-11-27)19-24-17-25-26-19)23-16-21(8-4-3-5-9-21)28-12-14-29-15-13-28;/h17-18H,2-16H2,1H3,(H,22,23)(H,24,25,26);1H. The molecule has 1 aromatic rings. The van der Waals surface area contributed by atoms with Crippen molar-refractivity contribution in [1.82, 2.24) is 30.3 Å². The smallest absolute Gasteiger partial charge is 0.193 e. The number of nitrogens with zero attached hydrogens (tertiary/aromatic N) is 5. The normalized spacial score (nSPS) is 23.8. The minimum Gasteiger partial charge on any atom is -0.357 e. The van der Waals surface area contributed by atoms with Crippen molar-refractivity contribution in [2.24, 2.45) is 4.99 Å². The van der Waals surface area contributed by atoms with E-state index < -0.39 is 0 Å². The lowest BCUT2D eigenvalue weighted by atomic mass is 9.80. The Labute approximate surface area is 202 Å². The Balaban J connectivity index is 0.00000256. The summed E-state index contributed by atoms with van der Waals surface area (Å²) < 4.78 is 0. The van der Waals surface area contributed by atoms with Crippen LogP contribution in [0.5, 0.6) is 0 Å². The van der Waals surface area contributed by atoms with Crippen molar-refractivity contribution in [2.45, 2.75) is 63.3 Å². The first-order valence-electron chi connectivity index (χ1n) is 11.5. The van der Waals surface area contributed by atoms with Gasteiger partial charge in [-0.3, -0.25) is 15.0 Å². The molecule has 9 heteroatoms. The summed E-state index contributed by atoms with van der Waals surface area (Å²) in [5.74, 6) is 5.20. The molecule has 0 aromatic carbocycles. The van der Waals surface area contributed by atoms with E-state index in [1.54, 1.807) is 6.33 Å². The van der Waals surface area contributed by atoms with Crippen molar-refractivity contribution < 1.29 is 0 Å². The average Bonchev–Trinajstić information content (AvgIpc) is 3.33. The van der Waals surface area contributed by atoms with Crippen LogP contribution in [-0.4, -0.2) is 87.3 Å². The van der Waals surface area contributed by atoms with Gasteiger partial charge in [-0.15, -0.1) is 24.0 Å². The number of likely N-dealkylation sites (tertiary alicyclic amines) is 1. The number of hydrogen-bond donors (Lipinski definition) is 2. The molecule has 7 nitrogen and oxygen atoms in total. The van der Waals surface area contributed by atoms with Crippen LogP contribution in [0.2, 0.25) is 0 Å². The average molecular weight is 548 g/mol. The molecule has 4 rings (SSSR count). The predicted octanol–water partition coefficient (Wildman–Crippen LogP) is 3.32. The van der Waals surface area contributed by atoms with Crippen molar-refractivity contribution in [3.05, 3.63) is 12.2 Å². The lowest BCUT2D eigenvalue weighted by molar-refractivity contribution is 0.0669. The number of piperidine rings is 1. The molecule has 2 saturated heterocycles. The molecular formula is C21H38IN7S. The number of rotatable bonds is 5. The van der Waals surface area contributed by atoms with Gasteiger partial charge in [0.05, 0.1) is 6.54 Å². The molecule has 0 spiro atoms. The third kappa shape index (κ3) is 5.82. The second-order valence-corrected chi connectivity index (χ2v) is 9.91. The van der Waals surface area contributed by atoms with Crippen LogP contribution in [0, 0.1) is 0 Å². The van der Waals surface area contributed by atoms with Gasteiger partial charge in [-0.1, -0.05) is 19.3 Å². The molecule has 30 heavy (non-hydrogen) atoms. The number of aromatic nitrogens is 3. The third-order valence-electron chi connectivity index (χ3n) is 6.94. The summed E-state index contributed by atoms with van der Waals surface area (Å²) in [6.45, 7) is 8.58. The molecule has 1 aromatic heterocycles. The third-order valence-corrected chi connectivity index (χ3v) is 7.88. The van der Waals surface area contributed by atoms with Crippen molar-refractivity contribution in [2.75, 3.05) is 50.8 Å². The number of halogens is 1. The monoisotopic (exact) mass is 547 g/mol. The lowest BCUT2D eigenvalue weighted by Gasteiger charge is -2.47. The Morgan fingerprint density at radius 2 is 1.93 bits per heavy atom. The molecule has 1 aliphatic carbocycles. The van der Waals surface area contributed by atoms with Gasteiger partial charge in [-0.2, -0.15) is 16.9 Å². The van der Waals surface area contributed by atoms with E-state index in [9.17, 15) is 0 Å². The number of aliphatic imine (C=N–C) groups is 1. The summed E-state index contributed by atoms with van der Waals surface area (Å²) in [6, 6.07) is 0. The van der Waals surface area contributed by atoms with E-state index in [1.165, 1.54) is 56.7 Å². The first-order chi connectivity index (χ1) is 14.3. The molecule has 0 bridgehead atoms. The van der Waals surface area contributed by atoms with E-state index in [0.717, 1.165) is 50.8 Å². The number of H-pyrrole nitrogens is 1. The molecular weight excluding hydrogens is 509 g/mol. The van der Waals surface area contributed by atoms with E-state index in [4.69, 9.17) is 4.99 Å². The molecule has 0 atom stereocenters. The van der Waals surface area contributed by atoms with Gasteiger partial charge in [0.2, 0.25) is 0 Å². The van der Waals surface area contributed by atoms with Crippen LogP contribution in [0.1, 0.15) is 63.6 Å². The Hall–Kier alpha value is -0.550. The van der Waals surface area contributed by atoms with Gasteiger partial charge in [0.25, 0.3) is 0 Å². The fraction of sp³-hybridized carbons (Fsp3) is 0.857. The highest BCUT2D eigenvalue weighted by Crippen LogP contribution is 2.36. The van der Waals surface area contributed by atoms with E-state index >= 15 is 0 Å². The van der Waals surface area contributed by atoms with Crippen molar-refractivity contribution in [3.8, 4) is 0 Å². The molecule has 3 fully saturated rings. The van der Waals surface area contributed by atoms with E-state index in [2.05, 4.69) is 49.0 Å². The van der Waals surface area contributed by atoms with Crippen LogP contribution >= 0.6 is 35.7 Å². The zero-order chi connectivity index (χ0) is 19.9. The summed E-state index contributed by atoms with van der Waals surface area (Å²) in [7, 11) is 0. The molecule has 1 saturated carbocycles. The maximum absolute atomic E-state index is 5.24. The Morgan fingerprint density at radius 1 is 1.20 bits per heavy atom. The van der Waals surface area contributed by atoms with Crippen molar-refractivity contribution in [3.63, 3.8) is 0 Å². The number of aromatic amines is 1. The largest absolute Gasteiger partial charge is 0.357 e. The summed E-state index contributed by atoms with van der Waals surface area (Å²) >= 11 is 2.11. The zero-order valence-electron chi connectivity index (χ0n) is 18.3. The predicted molar refractivity (Wildman–Crippen MR) is 136 cm³/mol. The molecule has 0 unspecified atom stereocenters. The minimum absolute atomic E-state index is 0. The van der Waals surface area contributed by atoms with Crippen LogP contribution in [0.25, 0.3) is 0 Å². The minimum atomic E-state index is 0. The van der Waals surface area contributed by atoms with E-state index in [0.29, 0.717) is 5.92 Å². The Bertz CT molecular complexity index is 634. The zero-order valence-corrected chi connectivity index (χ0v) is 21.5. The van der Waals surface area contributed by atoms with Crippen LogP contribution in [-0.2, 0) is 0 Å². The van der Waals surface area contributed by atoms with Gasteiger partial charge >= 0.3 is 0 Å². The lowest BCUT2D eigenvalue weighted by Crippen LogP contribution is -2.56. The van der Waals surface area contributed by atoms with Gasteiger partial charge in [0, 0.05) is 55.7 Å². The topological polar surface area (TPSA) is 72.4 Å². The van der Waals surface area contributed by atoms with Crippen molar-refractivity contribution >= 4 is 41.7 Å². The SMILES string of the molecule is CCNC(=NCC1(N2CCSCC2)CCCCC1)N1CCC(c2ncn[nH]2)CC1.I. The first kappa shape index (κ1) is 24.1. The number of thioether (sulfide) groups is 1. The number of nitrogens with one attached hydrogen (secondary N) is 2. The van der Waals surface area contributed by atoms with Crippen LogP contribution in [0.3, 0.4) is 0 Å². The Morgan fingerprint density at radius 3 is 2.57 bits per heavy atom. The molecule has 3 heterocycles. The van der Waals surface area contributed by atoms with Crippen LogP contribution in [0.15, 0.2) is 11.3 Å². The molecule has 2 aliphatic heterocycles. The molecule has 3 aliphatic rings. The van der Waals surface area contributed by atoms with E-state index in [-0.39, 0.29) is 29.5 Å². The van der Waals surface area contributed by atoms with E-state index in [1.807, 2.05) is 0 Å². The summed E-state index contributed by atoms with van der Waals surface area (Å²) in [4.78, 5) is 14.9. The van der Waals surface area contributed by atoms with Crippen LogP contribution in [0.4, 0.5) is 0 Å². The fourth-order valence-electron chi connectivity index (χ4n) is 5.25. The summed E-state index contributed by atoms with van der Waals surface area (Å²) in [5.41, 5.74) is 0.290. The van der Waals surface area contributed by atoms with Gasteiger partial charge in [-0.05, 0) is 32.6 Å². The summed E-state index contributed by atoms with van der Waals surface area (Å²) in [5, 5.41) is 10.7.